The molecule has 1 aliphatic rings. The van der Waals surface area contributed by atoms with E-state index in [4.69, 9.17) is 28.4 Å². The Morgan fingerprint density at radius 1 is 0.481 bits per heavy atom. The SMILES string of the molecule is O=C(CN(C(=O)c1c(OCc2ccccc2)cc(C(=O)O[C@@H]2CN(C(=O)OCc3ccccc3)C[C@H]2NC(=O)c2ccc(OCc3ccccc3)cc2)cc1OCc1ccccc1)c1ccccc1)OCc1ccccc1. The molecule has 9 rings (SSSR count). The lowest BCUT2D eigenvalue weighted by atomic mass is 10.1. The van der Waals surface area contributed by atoms with E-state index in [-0.39, 0.29) is 62.1 Å². The van der Waals surface area contributed by atoms with Crippen LogP contribution in [-0.4, -0.2) is 66.5 Å². The molecule has 0 bridgehead atoms. The molecular weight excluding hydrogens is 975 g/mol. The molecule has 0 radical (unpaired) electrons. The third kappa shape index (κ3) is 14.5. The van der Waals surface area contributed by atoms with Crippen LogP contribution in [0.3, 0.4) is 0 Å². The molecule has 1 saturated heterocycles. The minimum atomic E-state index is -1.08. The predicted octanol–water partition coefficient (Wildman–Crippen LogP) is 10.8. The van der Waals surface area contributed by atoms with Crippen molar-refractivity contribution in [3.63, 3.8) is 0 Å². The van der Waals surface area contributed by atoms with E-state index in [1.54, 1.807) is 54.6 Å². The summed E-state index contributed by atoms with van der Waals surface area (Å²) in [4.78, 5) is 74.0. The molecule has 1 aliphatic heterocycles. The van der Waals surface area contributed by atoms with Crippen molar-refractivity contribution < 1.29 is 52.4 Å². The average Bonchev–Trinajstić information content (AvgIpc) is 3.88. The van der Waals surface area contributed by atoms with Gasteiger partial charge in [0.25, 0.3) is 11.8 Å². The molecule has 1 heterocycles. The number of rotatable bonds is 21. The summed E-state index contributed by atoms with van der Waals surface area (Å²) in [6, 6.07) is 63.8. The highest BCUT2D eigenvalue weighted by atomic mass is 16.6. The Bertz CT molecular complexity index is 3160. The monoisotopic (exact) mass is 1030 g/mol. The average molecular weight is 1030 g/mol. The molecule has 0 aliphatic carbocycles. The van der Waals surface area contributed by atoms with Gasteiger partial charge in [-0.25, -0.2) is 9.59 Å². The lowest BCUT2D eigenvalue weighted by molar-refractivity contribution is -0.143. The number of carbonyl (C=O) groups is 5. The summed E-state index contributed by atoms with van der Waals surface area (Å²) in [6.45, 7) is -0.400. The molecule has 0 spiro atoms. The Kier molecular flexibility index (Phi) is 17.6. The Morgan fingerprint density at radius 2 is 0.922 bits per heavy atom. The number of hydrogen-bond acceptors (Lipinski definition) is 11. The van der Waals surface area contributed by atoms with Gasteiger partial charge in [-0.2, -0.15) is 0 Å². The fourth-order valence-electron chi connectivity index (χ4n) is 8.45. The van der Waals surface area contributed by atoms with E-state index >= 15 is 4.79 Å². The van der Waals surface area contributed by atoms with E-state index in [0.29, 0.717) is 23.6 Å². The number of hydrogen-bond donors (Lipinski definition) is 1. The lowest BCUT2D eigenvalue weighted by Gasteiger charge is -2.25. The summed E-state index contributed by atoms with van der Waals surface area (Å²) in [7, 11) is 0. The zero-order valence-electron chi connectivity index (χ0n) is 42.0. The maximum absolute atomic E-state index is 15.3. The van der Waals surface area contributed by atoms with E-state index in [9.17, 15) is 19.2 Å². The number of nitrogens with zero attached hydrogens (tertiary/aromatic N) is 2. The van der Waals surface area contributed by atoms with Gasteiger partial charge in [0.2, 0.25) is 0 Å². The normalized spacial score (nSPS) is 13.6. The minimum Gasteiger partial charge on any atom is -0.489 e. The molecular formula is C63H55N3O11. The Balaban J connectivity index is 1.02. The smallest absolute Gasteiger partial charge is 0.410 e. The highest BCUT2D eigenvalue weighted by Gasteiger charge is 2.40. The Hall–Kier alpha value is -9.69. The summed E-state index contributed by atoms with van der Waals surface area (Å²) >= 11 is 0. The van der Waals surface area contributed by atoms with Crippen LogP contribution < -0.4 is 24.4 Å². The van der Waals surface area contributed by atoms with E-state index < -0.39 is 48.5 Å². The number of likely N-dealkylation sites (tertiary alicyclic amines) is 1. The van der Waals surface area contributed by atoms with Crippen molar-refractivity contribution in [2.45, 2.75) is 45.2 Å². The molecule has 388 valence electrons. The van der Waals surface area contributed by atoms with Crippen molar-refractivity contribution in [1.29, 1.82) is 0 Å². The van der Waals surface area contributed by atoms with Crippen LogP contribution >= 0.6 is 0 Å². The first kappa shape index (κ1) is 52.2. The van der Waals surface area contributed by atoms with Gasteiger partial charge in [-0.05, 0) is 76.3 Å². The van der Waals surface area contributed by atoms with Crippen molar-refractivity contribution >= 4 is 35.5 Å². The molecule has 0 unspecified atom stereocenters. The third-order valence-corrected chi connectivity index (χ3v) is 12.5. The summed E-state index contributed by atoms with van der Waals surface area (Å²) < 4.78 is 36.5. The van der Waals surface area contributed by atoms with Crippen molar-refractivity contribution in [3.8, 4) is 17.2 Å². The van der Waals surface area contributed by atoms with Gasteiger partial charge in [0.05, 0.1) is 18.2 Å². The third-order valence-electron chi connectivity index (χ3n) is 12.5. The van der Waals surface area contributed by atoms with E-state index in [2.05, 4.69) is 5.32 Å². The van der Waals surface area contributed by atoms with Crippen LogP contribution in [0.5, 0.6) is 17.2 Å². The summed E-state index contributed by atoms with van der Waals surface area (Å²) in [5, 5.41) is 2.98. The number of nitrogens with one attached hydrogen (secondary N) is 1. The van der Waals surface area contributed by atoms with Crippen LogP contribution in [0.4, 0.5) is 10.5 Å². The number of ether oxygens (including phenoxy) is 6. The zero-order valence-corrected chi connectivity index (χ0v) is 42.0. The molecule has 14 nitrogen and oxygen atoms in total. The predicted molar refractivity (Wildman–Crippen MR) is 288 cm³/mol. The maximum atomic E-state index is 15.3. The van der Waals surface area contributed by atoms with Gasteiger partial charge in [0, 0.05) is 17.8 Å². The molecule has 14 heteroatoms. The van der Waals surface area contributed by atoms with Crippen LogP contribution in [0.1, 0.15) is 58.9 Å². The number of para-hydroxylation sites is 1. The fourth-order valence-corrected chi connectivity index (χ4v) is 8.45. The topological polar surface area (TPSA) is 159 Å². The fraction of sp³-hybridized carbons (Fsp3) is 0.159. The summed E-state index contributed by atoms with van der Waals surface area (Å²) in [6.07, 6.45) is -1.75. The largest absolute Gasteiger partial charge is 0.489 e. The Morgan fingerprint density at radius 3 is 1.42 bits per heavy atom. The minimum absolute atomic E-state index is 0.00446. The molecule has 1 N–H and O–H groups in total. The van der Waals surface area contributed by atoms with Gasteiger partial charge < -0.3 is 38.6 Å². The first-order valence-corrected chi connectivity index (χ1v) is 25.0. The molecule has 1 fully saturated rings. The highest BCUT2D eigenvalue weighted by molar-refractivity contribution is 6.12. The van der Waals surface area contributed by atoms with Crippen LogP contribution in [0.2, 0.25) is 0 Å². The summed E-state index contributed by atoms with van der Waals surface area (Å²) in [5.74, 6) is -2.24. The second-order valence-corrected chi connectivity index (χ2v) is 18.0. The highest BCUT2D eigenvalue weighted by Crippen LogP contribution is 2.36. The van der Waals surface area contributed by atoms with E-state index in [0.717, 1.165) is 27.8 Å². The van der Waals surface area contributed by atoms with Gasteiger partial charge in [-0.3, -0.25) is 19.3 Å². The number of anilines is 1. The van der Waals surface area contributed by atoms with Crippen LogP contribution in [0.15, 0.2) is 218 Å². The van der Waals surface area contributed by atoms with Gasteiger partial charge >= 0.3 is 18.0 Å². The number of esters is 2. The molecule has 77 heavy (non-hydrogen) atoms. The molecule has 0 aromatic heterocycles. The van der Waals surface area contributed by atoms with Crippen LogP contribution in [0, 0.1) is 0 Å². The van der Waals surface area contributed by atoms with Crippen molar-refractivity contribution in [2.75, 3.05) is 24.5 Å². The van der Waals surface area contributed by atoms with Gasteiger partial charge in [0.15, 0.2) is 0 Å². The van der Waals surface area contributed by atoms with Crippen LogP contribution in [0.25, 0.3) is 0 Å². The molecule has 8 aromatic rings. The number of benzene rings is 8. The Labute approximate surface area is 446 Å². The van der Waals surface area contributed by atoms with Gasteiger partial charge in [0.1, 0.15) is 68.5 Å². The molecule has 8 aromatic carbocycles. The second-order valence-electron chi connectivity index (χ2n) is 18.0. The first-order chi connectivity index (χ1) is 37.7. The standard InChI is InChI=1S/C63H55N3O11/c67-58(75-43-48-25-13-4-14-26-48)39-66(52-29-17-6-18-30-52)61(69)59-55(73-41-46-21-9-2-10-22-46)35-51(36-56(59)74-42-47-23-11-3-12-24-47)62(70)77-57-38-65(63(71)76-44-49-27-15-5-16-28-49)37-54(57)64-60(68)50-31-33-53(34-32-50)72-40-45-19-7-1-8-20-45/h1-36,54,57H,37-44H2,(H,64,68)/t54-,57-/m1/s1. The van der Waals surface area contributed by atoms with E-state index in [1.165, 1.54) is 21.9 Å². The number of carbonyl (C=O) groups excluding carboxylic acids is 5. The van der Waals surface area contributed by atoms with Gasteiger partial charge in [-0.1, -0.05) is 170 Å². The lowest BCUT2D eigenvalue weighted by Crippen LogP contribution is -2.44. The zero-order chi connectivity index (χ0) is 53.2. The molecule has 0 saturated carbocycles. The van der Waals surface area contributed by atoms with Gasteiger partial charge in [-0.15, -0.1) is 0 Å². The van der Waals surface area contributed by atoms with Crippen molar-refractivity contribution in [1.82, 2.24) is 10.2 Å². The van der Waals surface area contributed by atoms with Crippen molar-refractivity contribution in [3.05, 3.63) is 263 Å². The maximum Gasteiger partial charge on any atom is 0.410 e. The van der Waals surface area contributed by atoms with E-state index in [1.807, 2.05) is 152 Å². The first-order valence-electron chi connectivity index (χ1n) is 25.0. The molecule has 3 amide bonds. The van der Waals surface area contributed by atoms with Crippen molar-refractivity contribution in [2.24, 2.45) is 0 Å². The number of amides is 3. The second kappa shape index (κ2) is 26.0. The summed E-state index contributed by atoms with van der Waals surface area (Å²) in [5.41, 5.74) is 4.59. The quantitative estimate of drug-likeness (QED) is 0.0539. The van der Waals surface area contributed by atoms with Crippen LogP contribution in [-0.2, 0) is 52.0 Å². The molecule has 2 atom stereocenters.